The van der Waals surface area contributed by atoms with E-state index in [1.165, 1.54) is 24.3 Å². The maximum absolute atomic E-state index is 13.5. The Hall–Kier alpha value is -3.11. The van der Waals surface area contributed by atoms with Gasteiger partial charge in [0, 0.05) is 18.1 Å². The van der Waals surface area contributed by atoms with E-state index in [-0.39, 0.29) is 18.1 Å². The van der Waals surface area contributed by atoms with Crippen molar-refractivity contribution in [3.63, 3.8) is 0 Å². The maximum atomic E-state index is 13.5. The van der Waals surface area contributed by atoms with Crippen molar-refractivity contribution < 1.29 is 31.8 Å². The van der Waals surface area contributed by atoms with Crippen LogP contribution in [0.2, 0.25) is 0 Å². The first-order chi connectivity index (χ1) is 14.7. The van der Waals surface area contributed by atoms with Gasteiger partial charge in [-0.05, 0) is 25.1 Å². The number of hydrogen-bond acceptors (Lipinski definition) is 5. The van der Waals surface area contributed by atoms with E-state index in [4.69, 9.17) is 9.47 Å². The molecule has 31 heavy (non-hydrogen) atoms. The van der Waals surface area contributed by atoms with Crippen molar-refractivity contribution in [3.05, 3.63) is 47.7 Å². The molecule has 1 aliphatic rings. The van der Waals surface area contributed by atoms with Crippen LogP contribution in [0, 0.1) is 5.82 Å². The highest BCUT2D eigenvalue weighted by Crippen LogP contribution is 2.32. The van der Waals surface area contributed by atoms with E-state index in [9.17, 15) is 22.4 Å². The van der Waals surface area contributed by atoms with Crippen molar-refractivity contribution in [1.29, 1.82) is 0 Å². The topological polar surface area (TPSA) is 85.4 Å². The number of benzene rings is 1. The summed E-state index contributed by atoms with van der Waals surface area (Å²) in [5.41, 5.74) is 0.795. The third kappa shape index (κ3) is 6.97. The Morgan fingerprint density at radius 3 is 2.74 bits per heavy atom. The molecule has 2 amide bonds. The Bertz CT molecular complexity index is 880. The van der Waals surface area contributed by atoms with Gasteiger partial charge < -0.3 is 20.1 Å². The molecule has 0 radical (unpaired) electrons. The minimum Gasteiger partial charge on any atom is -0.493 e. The average Bonchev–Trinajstić information content (AvgIpc) is 2.74. The number of alkyl halides is 3. The number of amides is 2. The largest absolute Gasteiger partial charge is 0.493 e. The highest BCUT2D eigenvalue weighted by atomic mass is 19.4. The molecule has 2 N–H and O–H groups in total. The van der Waals surface area contributed by atoms with E-state index < -0.39 is 30.2 Å². The standard InChI is InChI=1S/C18H18F4N4O3.C2H6/c1-10(18(20,21)22)29-16-7-12(24-9-25-16)8-23-17(27)26-14-4-5-28-15-3-2-11(19)6-13(14)15;1-2/h2-3,6-7,9-10,14H,4-5,8H2,1H3,(H2,23,26,27);1-2H3. The van der Waals surface area contributed by atoms with Crippen LogP contribution in [-0.4, -0.2) is 34.9 Å². The van der Waals surface area contributed by atoms with Crippen molar-refractivity contribution in [2.75, 3.05) is 6.61 Å². The van der Waals surface area contributed by atoms with Gasteiger partial charge in [-0.2, -0.15) is 13.2 Å². The molecular formula is C20H24F4N4O3. The fourth-order valence-corrected chi connectivity index (χ4v) is 2.68. The first-order valence-corrected chi connectivity index (χ1v) is 9.73. The zero-order valence-electron chi connectivity index (χ0n) is 17.3. The predicted octanol–water partition coefficient (Wildman–Crippen LogP) is 4.29. The lowest BCUT2D eigenvalue weighted by molar-refractivity contribution is -0.190. The van der Waals surface area contributed by atoms with E-state index in [0.29, 0.717) is 24.3 Å². The molecule has 7 nitrogen and oxygen atoms in total. The molecule has 0 aliphatic carbocycles. The quantitative estimate of drug-likeness (QED) is 0.672. The summed E-state index contributed by atoms with van der Waals surface area (Å²) in [6.07, 6.45) is -5.05. The monoisotopic (exact) mass is 444 g/mol. The lowest BCUT2D eigenvalue weighted by atomic mass is 10.0. The Labute approximate surface area is 177 Å². The number of halogens is 4. The number of aromatic nitrogens is 2. The third-order valence-electron chi connectivity index (χ3n) is 4.20. The number of carbonyl (C=O) groups is 1. The van der Waals surface area contributed by atoms with Gasteiger partial charge in [-0.25, -0.2) is 19.2 Å². The van der Waals surface area contributed by atoms with Gasteiger partial charge in [-0.1, -0.05) is 13.8 Å². The van der Waals surface area contributed by atoms with Crippen molar-refractivity contribution in [1.82, 2.24) is 20.6 Å². The highest BCUT2D eigenvalue weighted by Gasteiger charge is 2.38. The molecule has 2 aromatic rings. The molecular weight excluding hydrogens is 420 g/mol. The van der Waals surface area contributed by atoms with Crippen LogP contribution >= 0.6 is 0 Å². The number of nitrogens with zero attached hydrogens (tertiary/aromatic N) is 2. The van der Waals surface area contributed by atoms with Crippen LogP contribution in [0.15, 0.2) is 30.6 Å². The van der Waals surface area contributed by atoms with Gasteiger partial charge in [-0.3, -0.25) is 0 Å². The van der Waals surface area contributed by atoms with Gasteiger partial charge in [0.15, 0.2) is 6.10 Å². The average molecular weight is 444 g/mol. The number of nitrogens with one attached hydrogen (secondary N) is 2. The van der Waals surface area contributed by atoms with E-state index in [1.807, 2.05) is 13.8 Å². The lowest BCUT2D eigenvalue weighted by Gasteiger charge is -2.26. The number of hydrogen-bond donors (Lipinski definition) is 2. The first-order valence-electron chi connectivity index (χ1n) is 9.73. The second-order valence-electron chi connectivity index (χ2n) is 6.35. The number of rotatable bonds is 5. The van der Waals surface area contributed by atoms with Crippen LogP contribution in [-0.2, 0) is 6.54 Å². The zero-order chi connectivity index (χ0) is 23.0. The number of urea groups is 1. The zero-order valence-corrected chi connectivity index (χ0v) is 17.3. The highest BCUT2D eigenvalue weighted by molar-refractivity contribution is 5.74. The van der Waals surface area contributed by atoms with Crippen molar-refractivity contribution in [2.24, 2.45) is 0 Å². The molecule has 1 aromatic carbocycles. The summed E-state index contributed by atoms with van der Waals surface area (Å²) in [6, 6.07) is 4.30. The summed E-state index contributed by atoms with van der Waals surface area (Å²) in [6.45, 7) is 5.17. The Morgan fingerprint density at radius 2 is 2.03 bits per heavy atom. The van der Waals surface area contributed by atoms with E-state index in [0.717, 1.165) is 13.3 Å². The molecule has 1 aliphatic heterocycles. The molecule has 2 unspecified atom stereocenters. The predicted molar refractivity (Wildman–Crippen MR) is 104 cm³/mol. The summed E-state index contributed by atoms with van der Waals surface area (Å²) in [7, 11) is 0. The van der Waals surface area contributed by atoms with Gasteiger partial charge in [0.2, 0.25) is 5.88 Å². The molecule has 0 saturated heterocycles. The Morgan fingerprint density at radius 1 is 1.29 bits per heavy atom. The molecule has 2 heterocycles. The summed E-state index contributed by atoms with van der Waals surface area (Å²) < 4.78 is 61.4. The Kier molecular flexibility index (Phi) is 8.40. The van der Waals surface area contributed by atoms with Crippen LogP contribution < -0.4 is 20.1 Å². The third-order valence-corrected chi connectivity index (χ3v) is 4.20. The van der Waals surface area contributed by atoms with Crippen molar-refractivity contribution in [3.8, 4) is 11.6 Å². The summed E-state index contributed by atoms with van der Waals surface area (Å²) >= 11 is 0. The van der Waals surface area contributed by atoms with Crippen molar-refractivity contribution >= 4 is 6.03 Å². The molecule has 1 aromatic heterocycles. The molecule has 3 rings (SSSR count). The Balaban J connectivity index is 0.00000166. The van der Waals surface area contributed by atoms with Crippen LogP contribution in [0.1, 0.15) is 44.5 Å². The maximum Gasteiger partial charge on any atom is 0.425 e. The van der Waals surface area contributed by atoms with Crippen LogP contribution in [0.5, 0.6) is 11.6 Å². The van der Waals surface area contributed by atoms with Crippen LogP contribution in [0.25, 0.3) is 0 Å². The fraction of sp³-hybridized carbons (Fsp3) is 0.450. The van der Waals surface area contributed by atoms with Gasteiger partial charge in [-0.15, -0.1) is 0 Å². The summed E-state index contributed by atoms with van der Waals surface area (Å²) in [5, 5.41) is 5.27. The minimum absolute atomic E-state index is 0.0651. The minimum atomic E-state index is -4.53. The molecule has 0 bridgehead atoms. The second-order valence-corrected chi connectivity index (χ2v) is 6.35. The van der Waals surface area contributed by atoms with Gasteiger partial charge in [0.25, 0.3) is 0 Å². The molecule has 170 valence electrons. The molecule has 2 atom stereocenters. The second kappa shape index (κ2) is 10.8. The normalized spacial score (nSPS) is 16.0. The SMILES string of the molecule is CC.CC(Oc1cc(CNC(=O)NC2CCOc3ccc(F)cc32)ncn1)C(F)(F)F. The first kappa shape index (κ1) is 24.2. The molecule has 11 heteroatoms. The van der Waals surface area contributed by atoms with Crippen LogP contribution in [0.3, 0.4) is 0 Å². The lowest BCUT2D eigenvalue weighted by Crippen LogP contribution is -2.39. The molecule has 0 saturated carbocycles. The fourth-order valence-electron chi connectivity index (χ4n) is 2.68. The molecule has 0 fully saturated rings. The molecule has 0 spiro atoms. The number of fused-ring (bicyclic) bond motifs is 1. The van der Waals surface area contributed by atoms with E-state index >= 15 is 0 Å². The summed E-state index contributed by atoms with van der Waals surface area (Å²) in [5.74, 6) is -0.196. The number of carbonyl (C=O) groups excluding carboxylic acids is 1. The smallest absolute Gasteiger partial charge is 0.425 e. The van der Waals surface area contributed by atoms with E-state index in [1.54, 1.807) is 0 Å². The number of ether oxygens (including phenoxy) is 2. The van der Waals surface area contributed by atoms with Crippen LogP contribution in [0.4, 0.5) is 22.4 Å². The van der Waals surface area contributed by atoms with Gasteiger partial charge in [0.1, 0.15) is 17.9 Å². The van der Waals surface area contributed by atoms with Gasteiger partial charge in [0.05, 0.1) is 24.9 Å². The van der Waals surface area contributed by atoms with Gasteiger partial charge >= 0.3 is 12.2 Å². The van der Waals surface area contributed by atoms with Crippen molar-refractivity contribution in [2.45, 2.75) is 52.1 Å². The van der Waals surface area contributed by atoms with E-state index in [2.05, 4.69) is 20.6 Å². The summed E-state index contributed by atoms with van der Waals surface area (Å²) in [4.78, 5) is 19.7.